The van der Waals surface area contributed by atoms with Crippen molar-refractivity contribution in [3.05, 3.63) is 35.8 Å². The minimum Gasteiger partial charge on any atom is -0.507 e. The molecular formula is C18H20FN5O. The van der Waals surface area contributed by atoms with E-state index in [1.54, 1.807) is 13.1 Å². The predicted molar refractivity (Wildman–Crippen MR) is 92.9 cm³/mol. The summed E-state index contributed by atoms with van der Waals surface area (Å²) >= 11 is 0. The van der Waals surface area contributed by atoms with E-state index in [2.05, 4.69) is 27.2 Å². The third kappa shape index (κ3) is 2.84. The zero-order chi connectivity index (χ0) is 17.6. The molecule has 3 aromatic rings. The topological polar surface area (TPSA) is 67.1 Å². The van der Waals surface area contributed by atoms with Gasteiger partial charge in [0.05, 0.1) is 17.9 Å². The quantitative estimate of drug-likeness (QED) is 0.776. The highest BCUT2D eigenvalue weighted by atomic mass is 19.1. The summed E-state index contributed by atoms with van der Waals surface area (Å²) in [6, 6.07) is 4.60. The third-order valence-corrected chi connectivity index (χ3v) is 4.82. The van der Waals surface area contributed by atoms with E-state index in [4.69, 9.17) is 0 Å². The van der Waals surface area contributed by atoms with Gasteiger partial charge in [-0.3, -0.25) is 0 Å². The SMILES string of the molecule is Cc1cc(F)cc(O)c1-c1cc2cnn(C3CCCN(C)C3)c2nn1. The first-order valence-electron chi connectivity index (χ1n) is 8.42. The zero-order valence-electron chi connectivity index (χ0n) is 14.3. The summed E-state index contributed by atoms with van der Waals surface area (Å²) in [6.07, 6.45) is 3.98. The Bertz CT molecular complexity index is 915. The minimum atomic E-state index is -0.470. The van der Waals surface area contributed by atoms with Crippen molar-refractivity contribution < 1.29 is 9.50 Å². The maximum atomic E-state index is 13.4. The summed E-state index contributed by atoms with van der Waals surface area (Å²) in [5, 5.41) is 24.1. The van der Waals surface area contributed by atoms with Crippen LogP contribution in [0.25, 0.3) is 22.3 Å². The molecule has 1 saturated heterocycles. The van der Waals surface area contributed by atoms with Crippen LogP contribution in [0.1, 0.15) is 24.4 Å². The molecule has 1 aromatic carbocycles. The van der Waals surface area contributed by atoms with Crippen LogP contribution < -0.4 is 0 Å². The number of phenolic OH excluding ortho intramolecular Hbond substituents is 1. The molecule has 2 aromatic heterocycles. The second-order valence-corrected chi connectivity index (χ2v) is 6.77. The van der Waals surface area contributed by atoms with Crippen LogP contribution in [-0.4, -0.2) is 50.1 Å². The molecule has 25 heavy (non-hydrogen) atoms. The summed E-state index contributed by atoms with van der Waals surface area (Å²) in [5.74, 6) is -0.602. The lowest BCUT2D eigenvalue weighted by Crippen LogP contribution is -2.34. The van der Waals surface area contributed by atoms with Gasteiger partial charge in [0.2, 0.25) is 0 Å². The molecule has 0 bridgehead atoms. The Balaban J connectivity index is 1.76. The second-order valence-electron chi connectivity index (χ2n) is 6.77. The van der Waals surface area contributed by atoms with Gasteiger partial charge in [0.1, 0.15) is 11.6 Å². The van der Waals surface area contributed by atoms with E-state index in [9.17, 15) is 9.50 Å². The molecule has 6 nitrogen and oxygen atoms in total. The highest BCUT2D eigenvalue weighted by Crippen LogP contribution is 2.33. The van der Waals surface area contributed by atoms with Gasteiger partial charge in [0.15, 0.2) is 5.65 Å². The van der Waals surface area contributed by atoms with Crippen molar-refractivity contribution >= 4 is 11.0 Å². The minimum absolute atomic E-state index is 0.132. The number of halogens is 1. The van der Waals surface area contributed by atoms with Crippen LogP contribution in [0.5, 0.6) is 5.75 Å². The van der Waals surface area contributed by atoms with Crippen molar-refractivity contribution in [2.75, 3.05) is 20.1 Å². The number of piperidine rings is 1. The Morgan fingerprint density at radius 3 is 2.84 bits per heavy atom. The van der Waals surface area contributed by atoms with Crippen LogP contribution in [0.4, 0.5) is 4.39 Å². The molecule has 0 radical (unpaired) electrons. The third-order valence-electron chi connectivity index (χ3n) is 4.82. The molecule has 1 unspecified atom stereocenters. The molecule has 1 N–H and O–H groups in total. The summed E-state index contributed by atoms with van der Waals surface area (Å²) in [4.78, 5) is 2.30. The fraction of sp³-hybridized carbons (Fsp3) is 0.389. The van der Waals surface area contributed by atoms with Gasteiger partial charge in [-0.1, -0.05) is 0 Å². The Kier molecular flexibility index (Phi) is 3.88. The number of fused-ring (bicyclic) bond motifs is 1. The van der Waals surface area contributed by atoms with Crippen LogP contribution >= 0.6 is 0 Å². The number of hydrogen-bond donors (Lipinski definition) is 1. The number of aromatic hydroxyl groups is 1. The molecule has 0 aliphatic carbocycles. The normalized spacial score (nSPS) is 18.8. The summed E-state index contributed by atoms with van der Waals surface area (Å²) in [6.45, 7) is 3.79. The van der Waals surface area contributed by atoms with Crippen molar-refractivity contribution in [1.29, 1.82) is 0 Å². The number of likely N-dealkylation sites (tertiary alicyclic amines) is 1. The average molecular weight is 341 g/mol. The highest BCUT2D eigenvalue weighted by Gasteiger charge is 2.22. The molecule has 0 spiro atoms. The average Bonchev–Trinajstić information content (AvgIpc) is 2.97. The van der Waals surface area contributed by atoms with E-state index in [1.807, 2.05) is 10.7 Å². The van der Waals surface area contributed by atoms with Crippen LogP contribution in [-0.2, 0) is 0 Å². The van der Waals surface area contributed by atoms with Crippen LogP contribution in [0.3, 0.4) is 0 Å². The van der Waals surface area contributed by atoms with E-state index in [0.717, 1.165) is 43.0 Å². The number of hydrogen-bond acceptors (Lipinski definition) is 5. The molecule has 0 amide bonds. The molecule has 130 valence electrons. The lowest BCUT2D eigenvalue weighted by atomic mass is 10.0. The Labute approximate surface area is 144 Å². The maximum absolute atomic E-state index is 13.4. The Hall–Kier alpha value is -2.54. The number of nitrogens with zero attached hydrogens (tertiary/aromatic N) is 5. The fourth-order valence-electron chi connectivity index (χ4n) is 3.64. The monoisotopic (exact) mass is 341 g/mol. The van der Waals surface area contributed by atoms with E-state index < -0.39 is 5.82 Å². The molecule has 1 fully saturated rings. The summed E-state index contributed by atoms with van der Waals surface area (Å²) < 4.78 is 15.3. The van der Waals surface area contributed by atoms with Gasteiger partial charge in [-0.15, -0.1) is 10.2 Å². The number of phenols is 1. The molecule has 1 aliphatic rings. The lowest BCUT2D eigenvalue weighted by Gasteiger charge is -2.29. The van der Waals surface area contributed by atoms with Gasteiger partial charge < -0.3 is 10.0 Å². The van der Waals surface area contributed by atoms with E-state index >= 15 is 0 Å². The number of aromatic nitrogens is 4. The van der Waals surface area contributed by atoms with E-state index in [0.29, 0.717) is 16.8 Å². The number of rotatable bonds is 2. The van der Waals surface area contributed by atoms with Crippen LogP contribution in [0.15, 0.2) is 24.4 Å². The largest absolute Gasteiger partial charge is 0.507 e. The van der Waals surface area contributed by atoms with Gasteiger partial charge in [0.25, 0.3) is 0 Å². The molecule has 7 heteroatoms. The van der Waals surface area contributed by atoms with Gasteiger partial charge >= 0.3 is 0 Å². The second kappa shape index (κ2) is 6.07. The van der Waals surface area contributed by atoms with E-state index in [-0.39, 0.29) is 11.8 Å². The molecular weight excluding hydrogens is 321 g/mol. The van der Waals surface area contributed by atoms with E-state index in [1.165, 1.54) is 6.07 Å². The van der Waals surface area contributed by atoms with Crippen LogP contribution in [0, 0.1) is 12.7 Å². The van der Waals surface area contributed by atoms with Crippen molar-refractivity contribution in [3.63, 3.8) is 0 Å². The standard InChI is InChI=1S/C18H20FN5O/c1-11-6-13(19)8-16(25)17(11)15-7-12-9-20-24(18(12)22-21-15)14-4-3-5-23(2)10-14/h6-9,14,25H,3-5,10H2,1-2H3. The molecule has 1 aliphatic heterocycles. The zero-order valence-corrected chi connectivity index (χ0v) is 14.3. The van der Waals surface area contributed by atoms with Gasteiger partial charge in [-0.05, 0) is 51.1 Å². The summed E-state index contributed by atoms with van der Waals surface area (Å²) in [5.41, 5.74) is 2.37. The van der Waals surface area contributed by atoms with Crippen molar-refractivity contribution in [1.82, 2.24) is 24.9 Å². The first kappa shape index (κ1) is 16.0. The van der Waals surface area contributed by atoms with Gasteiger partial charge in [0, 0.05) is 23.6 Å². The van der Waals surface area contributed by atoms with Gasteiger partial charge in [-0.25, -0.2) is 9.07 Å². The van der Waals surface area contributed by atoms with Crippen molar-refractivity contribution in [2.24, 2.45) is 0 Å². The lowest BCUT2D eigenvalue weighted by molar-refractivity contribution is 0.205. The van der Waals surface area contributed by atoms with Crippen molar-refractivity contribution in [2.45, 2.75) is 25.8 Å². The van der Waals surface area contributed by atoms with Crippen LogP contribution in [0.2, 0.25) is 0 Å². The molecule has 0 saturated carbocycles. The first-order chi connectivity index (χ1) is 12.0. The number of aryl methyl sites for hydroxylation is 1. The maximum Gasteiger partial charge on any atom is 0.180 e. The van der Waals surface area contributed by atoms with Crippen molar-refractivity contribution in [3.8, 4) is 17.0 Å². The Morgan fingerprint density at radius 1 is 1.24 bits per heavy atom. The fourth-order valence-corrected chi connectivity index (χ4v) is 3.64. The highest BCUT2D eigenvalue weighted by molar-refractivity contribution is 5.81. The number of benzene rings is 1. The Morgan fingerprint density at radius 2 is 2.08 bits per heavy atom. The van der Waals surface area contributed by atoms with Gasteiger partial charge in [-0.2, -0.15) is 5.10 Å². The summed E-state index contributed by atoms with van der Waals surface area (Å²) in [7, 11) is 2.11. The smallest absolute Gasteiger partial charge is 0.180 e. The molecule has 3 heterocycles. The number of likely N-dealkylation sites (N-methyl/N-ethyl adjacent to an activating group) is 1. The molecule has 4 rings (SSSR count). The first-order valence-corrected chi connectivity index (χ1v) is 8.42. The predicted octanol–water partition coefficient (Wildman–Crippen LogP) is 2.91. The molecule has 1 atom stereocenters.